The molecule has 0 radical (unpaired) electrons. The van der Waals surface area contributed by atoms with Crippen LogP contribution in [-0.4, -0.2) is 45.5 Å². The zero-order chi connectivity index (χ0) is 19.1. The minimum Gasteiger partial charge on any atom is -0.508 e. The molecule has 0 amide bonds. The van der Waals surface area contributed by atoms with Crippen LogP contribution in [0.2, 0.25) is 0 Å². The second-order valence-electron chi connectivity index (χ2n) is 5.63. The summed E-state index contributed by atoms with van der Waals surface area (Å²) in [5, 5.41) is 42.9. The van der Waals surface area contributed by atoms with Crippen LogP contribution in [0.5, 0.6) is 11.5 Å². The highest BCUT2D eigenvalue weighted by atomic mass is 16.4. The van der Waals surface area contributed by atoms with E-state index in [-0.39, 0.29) is 24.6 Å². The number of hydrogen-bond acceptors (Lipinski definition) is 6. The third kappa shape index (κ3) is 5.20. The van der Waals surface area contributed by atoms with Gasteiger partial charge < -0.3 is 20.4 Å². The number of carbonyl (C=O) groups is 2. The van der Waals surface area contributed by atoms with Crippen molar-refractivity contribution in [3.05, 3.63) is 59.7 Å². The molecule has 0 aliphatic heterocycles. The Morgan fingerprint density at radius 1 is 0.692 bits per heavy atom. The van der Waals surface area contributed by atoms with Crippen LogP contribution in [0.15, 0.2) is 48.5 Å². The predicted molar refractivity (Wildman–Crippen MR) is 93.0 cm³/mol. The zero-order valence-corrected chi connectivity index (χ0v) is 13.8. The van der Waals surface area contributed by atoms with Crippen molar-refractivity contribution in [1.82, 2.24) is 10.6 Å². The maximum atomic E-state index is 11.4. The molecule has 2 atom stereocenters. The first-order chi connectivity index (χ1) is 12.4. The summed E-state index contributed by atoms with van der Waals surface area (Å²) in [6, 6.07) is 9.66. The highest BCUT2D eigenvalue weighted by Gasteiger charge is 2.21. The van der Waals surface area contributed by atoms with Gasteiger partial charge in [0.2, 0.25) is 0 Å². The van der Waals surface area contributed by atoms with Crippen LogP contribution in [0.1, 0.15) is 23.2 Å². The summed E-state index contributed by atoms with van der Waals surface area (Å²) in [7, 11) is 0. The van der Waals surface area contributed by atoms with E-state index in [2.05, 4.69) is 10.6 Å². The lowest BCUT2D eigenvalue weighted by atomic mass is 10.1. The SMILES string of the molecule is O=C(O)C(NCCNC(C(=O)O)c1ccc(O)cc1)c1ccc(O)cc1. The maximum Gasteiger partial charge on any atom is 0.325 e. The quantitative estimate of drug-likeness (QED) is 0.367. The van der Waals surface area contributed by atoms with Gasteiger partial charge in [0.25, 0.3) is 0 Å². The van der Waals surface area contributed by atoms with Crippen LogP contribution in [0, 0.1) is 0 Å². The molecule has 0 aliphatic carbocycles. The Hall–Kier alpha value is -3.10. The number of phenols is 2. The molecule has 0 saturated heterocycles. The van der Waals surface area contributed by atoms with Crippen molar-refractivity contribution >= 4 is 11.9 Å². The van der Waals surface area contributed by atoms with Crippen LogP contribution in [0.4, 0.5) is 0 Å². The first-order valence-corrected chi connectivity index (χ1v) is 7.88. The molecule has 0 spiro atoms. The molecule has 2 aromatic carbocycles. The average Bonchev–Trinajstić information content (AvgIpc) is 2.60. The van der Waals surface area contributed by atoms with Crippen molar-refractivity contribution in [3.8, 4) is 11.5 Å². The van der Waals surface area contributed by atoms with Crippen molar-refractivity contribution in [3.63, 3.8) is 0 Å². The standard InChI is InChI=1S/C18H20N2O6/c21-13-5-1-11(2-6-13)15(17(23)24)19-9-10-20-16(18(25)26)12-3-7-14(22)8-4-12/h1-8,15-16,19-22H,9-10H2,(H,23,24)(H,25,26). The molecule has 2 rings (SSSR count). The van der Waals surface area contributed by atoms with Gasteiger partial charge in [0.05, 0.1) is 0 Å². The van der Waals surface area contributed by atoms with E-state index in [0.717, 1.165) is 0 Å². The number of benzene rings is 2. The number of rotatable bonds is 9. The Kier molecular flexibility index (Phi) is 6.54. The molecule has 0 aliphatic rings. The first kappa shape index (κ1) is 19.2. The van der Waals surface area contributed by atoms with Gasteiger partial charge in [-0.05, 0) is 35.4 Å². The van der Waals surface area contributed by atoms with E-state index in [4.69, 9.17) is 0 Å². The third-order valence-corrected chi connectivity index (χ3v) is 3.77. The van der Waals surface area contributed by atoms with E-state index in [1.54, 1.807) is 0 Å². The molecule has 0 heterocycles. The summed E-state index contributed by atoms with van der Waals surface area (Å²) in [6.45, 7) is 0.416. The van der Waals surface area contributed by atoms with Crippen molar-refractivity contribution in [2.24, 2.45) is 0 Å². The van der Waals surface area contributed by atoms with Gasteiger partial charge in [0, 0.05) is 13.1 Å². The summed E-state index contributed by atoms with van der Waals surface area (Å²) in [5.41, 5.74) is 0.951. The van der Waals surface area contributed by atoms with Crippen LogP contribution in [0.3, 0.4) is 0 Å². The number of phenolic OH excluding ortho intramolecular Hbond substituents is 2. The second-order valence-corrected chi connectivity index (χ2v) is 5.63. The molecule has 2 aromatic rings. The van der Waals surface area contributed by atoms with Gasteiger partial charge in [-0.15, -0.1) is 0 Å². The fraction of sp³-hybridized carbons (Fsp3) is 0.222. The lowest BCUT2D eigenvalue weighted by molar-refractivity contribution is -0.141. The average molecular weight is 360 g/mol. The van der Waals surface area contributed by atoms with Gasteiger partial charge in [-0.2, -0.15) is 0 Å². The smallest absolute Gasteiger partial charge is 0.325 e. The predicted octanol–water partition coefficient (Wildman–Crippen LogP) is 1.23. The summed E-state index contributed by atoms with van der Waals surface area (Å²) in [4.78, 5) is 22.8. The van der Waals surface area contributed by atoms with Crippen molar-refractivity contribution in [2.75, 3.05) is 13.1 Å². The maximum absolute atomic E-state index is 11.4. The number of hydrogen-bond donors (Lipinski definition) is 6. The van der Waals surface area contributed by atoms with E-state index in [9.17, 15) is 30.0 Å². The van der Waals surface area contributed by atoms with Gasteiger partial charge in [-0.1, -0.05) is 24.3 Å². The van der Waals surface area contributed by atoms with Gasteiger partial charge in [0.1, 0.15) is 23.6 Å². The number of nitrogens with one attached hydrogen (secondary N) is 2. The Morgan fingerprint density at radius 2 is 1.00 bits per heavy atom. The fourth-order valence-corrected chi connectivity index (χ4v) is 2.46. The van der Waals surface area contributed by atoms with E-state index in [1.165, 1.54) is 48.5 Å². The second kappa shape index (κ2) is 8.84. The zero-order valence-electron chi connectivity index (χ0n) is 13.8. The van der Waals surface area contributed by atoms with Crippen LogP contribution in [0.25, 0.3) is 0 Å². The molecule has 8 heteroatoms. The molecular formula is C18H20N2O6. The molecular weight excluding hydrogens is 340 g/mol. The van der Waals surface area contributed by atoms with E-state index in [0.29, 0.717) is 11.1 Å². The number of aromatic hydroxyl groups is 2. The minimum atomic E-state index is -1.08. The van der Waals surface area contributed by atoms with Crippen molar-refractivity contribution < 1.29 is 30.0 Å². The van der Waals surface area contributed by atoms with Crippen LogP contribution < -0.4 is 10.6 Å². The highest BCUT2D eigenvalue weighted by Crippen LogP contribution is 2.18. The topological polar surface area (TPSA) is 139 Å². The molecule has 2 unspecified atom stereocenters. The minimum absolute atomic E-state index is 0.0396. The lowest BCUT2D eigenvalue weighted by Crippen LogP contribution is -2.37. The highest BCUT2D eigenvalue weighted by molar-refractivity contribution is 5.76. The van der Waals surface area contributed by atoms with Gasteiger partial charge >= 0.3 is 11.9 Å². The molecule has 0 bridgehead atoms. The Balaban J connectivity index is 1.93. The summed E-state index contributed by atoms with van der Waals surface area (Å²) in [5.74, 6) is -2.08. The van der Waals surface area contributed by atoms with Crippen molar-refractivity contribution in [2.45, 2.75) is 12.1 Å². The summed E-state index contributed by atoms with van der Waals surface area (Å²) in [6.07, 6.45) is 0. The van der Waals surface area contributed by atoms with E-state index in [1.807, 2.05) is 0 Å². The van der Waals surface area contributed by atoms with Crippen LogP contribution in [-0.2, 0) is 9.59 Å². The normalized spacial score (nSPS) is 13.1. The molecule has 0 aromatic heterocycles. The fourth-order valence-electron chi connectivity index (χ4n) is 2.46. The molecule has 6 N–H and O–H groups in total. The van der Waals surface area contributed by atoms with E-state index < -0.39 is 24.0 Å². The van der Waals surface area contributed by atoms with Gasteiger partial charge in [0.15, 0.2) is 0 Å². The third-order valence-electron chi connectivity index (χ3n) is 3.77. The van der Waals surface area contributed by atoms with Gasteiger partial charge in [-0.3, -0.25) is 20.2 Å². The first-order valence-electron chi connectivity index (χ1n) is 7.88. The lowest BCUT2D eigenvalue weighted by Gasteiger charge is -2.18. The molecule has 26 heavy (non-hydrogen) atoms. The van der Waals surface area contributed by atoms with Crippen LogP contribution >= 0.6 is 0 Å². The number of aliphatic carboxylic acids is 2. The monoisotopic (exact) mass is 360 g/mol. The Labute approximate surface area is 149 Å². The number of carboxylic acid groups (broad SMARTS) is 2. The van der Waals surface area contributed by atoms with E-state index >= 15 is 0 Å². The molecule has 8 nitrogen and oxygen atoms in total. The summed E-state index contributed by atoms with van der Waals surface area (Å²) >= 11 is 0. The largest absolute Gasteiger partial charge is 0.508 e. The van der Waals surface area contributed by atoms with Crippen molar-refractivity contribution in [1.29, 1.82) is 0 Å². The molecule has 0 saturated carbocycles. The Bertz CT molecular complexity index is 680. The summed E-state index contributed by atoms with van der Waals surface area (Å²) < 4.78 is 0. The molecule has 0 fully saturated rings. The molecule has 138 valence electrons. The number of carboxylic acids is 2. The Morgan fingerprint density at radius 3 is 1.27 bits per heavy atom. The van der Waals surface area contributed by atoms with Gasteiger partial charge in [-0.25, -0.2) is 0 Å².